The summed E-state index contributed by atoms with van der Waals surface area (Å²) in [6, 6.07) is 4.00. The average molecular weight is 702 g/mol. The van der Waals surface area contributed by atoms with Crippen LogP contribution >= 0.6 is 162 Å². The van der Waals surface area contributed by atoms with Crippen molar-refractivity contribution in [3.63, 3.8) is 0 Å². The van der Waals surface area contributed by atoms with Gasteiger partial charge in [0.2, 0.25) is 16.3 Å². The summed E-state index contributed by atoms with van der Waals surface area (Å²) in [6.07, 6.45) is -1.53. The molecule has 15 heteroatoms. The minimum absolute atomic E-state index is 0.00834. The molecule has 0 saturated heterocycles. The summed E-state index contributed by atoms with van der Waals surface area (Å²) in [7, 11) is 0. The molecule has 30 heavy (non-hydrogen) atoms. The first-order chi connectivity index (χ1) is 13.1. The molecule has 0 saturated carbocycles. The monoisotopic (exact) mass is 695 g/mol. The third kappa shape index (κ3) is 5.63. The lowest BCUT2D eigenvalue weighted by Gasteiger charge is -2.42. The van der Waals surface area contributed by atoms with E-state index < -0.39 is 31.0 Å². The van der Waals surface area contributed by atoms with Crippen molar-refractivity contribution in [2.45, 2.75) is 44.4 Å². The first kappa shape index (κ1) is 31.3. The summed E-state index contributed by atoms with van der Waals surface area (Å²) in [4.78, 5) is 0. The Morgan fingerprint density at radius 2 is 0.967 bits per heavy atom. The number of halogens is 14. The minimum Gasteiger partial charge on any atom is -0.228 e. The third-order valence-corrected chi connectivity index (χ3v) is 11.8. The maximum atomic E-state index is 13.0. The Balaban J connectivity index is 3.99. The predicted octanol–water partition coefficient (Wildman–Crippen LogP) is 10.9. The van der Waals surface area contributed by atoms with Crippen LogP contribution in [0.2, 0.25) is 0 Å². The largest absolute Gasteiger partial charge is 0.228 e. The molecule has 0 amide bonds. The Hall–Kier alpha value is 3.24. The molecule has 1 rings (SSSR count). The normalized spacial score (nSPS) is 16.0. The maximum Gasteiger partial charge on any atom is 0.226 e. The topological polar surface area (TPSA) is 19.9 Å². The van der Waals surface area contributed by atoms with Crippen LogP contribution in [-0.4, -0.2) is 16.3 Å². The van der Waals surface area contributed by atoms with Gasteiger partial charge < -0.3 is 0 Å². The van der Waals surface area contributed by atoms with Crippen LogP contribution in [-0.2, 0) is 13.8 Å². The Bertz CT molecular complexity index is 705. The van der Waals surface area contributed by atoms with Crippen molar-refractivity contribution in [1.29, 1.82) is 0 Å². The van der Waals surface area contributed by atoms with Gasteiger partial charge in [0.15, 0.2) is 8.67 Å². The van der Waals surface area contributed by atoms with Crippen LogP contribution < -0.4 is 0 Å². The molecule has 0 N–H and O–H groups in total. The molecule has 1 aromatic rings. The smallest absolute Gasteiger partial charge is 0.226 e. The molecule has 0 aliphatic rings. The first-order valence-corrected chi connectivity index (χ1v) is 12.8. The predicted molar refractivity (Wildman–Crippen MR) is 136 cm³/mol. The highest BCUT2D eigenvalue weighted by Gasteiger charge is 2.64. The van der Waals surface area contributed by atoms with Crippen molar-refractivity contribution in [2.24, 2.45) is 0 Å². The van der Waals surface area contributed by atoms with Crippen LogP contribution in [0.3, 0.4) is 0 Å². The molecule has 0 aliphatic carbocycles. The highest BCUT2D eigenvalue weighted by Crippen LogP contribution is 2.64. The van der Waals surface area contributed by atoms with E-state index in [0.717, 1.165) is 0 Å². The fraction of sp³-hybridized carbons (Fsp3) is 0.600. The second kappa shape index (κ2) is 10.3. The van der Waals surface area contributed by atoms with Crippen LogP contribution in [0.1, 0.15) is 36.1 Å². The van der Waals surface area contributed by atoms with Gasteiger partial charge in [0.25, 0.3) is 0 Å². The van der Waals surface area contributed by atoms with Crippen LogP contribution in [0.4, 0.5) is 0 Å². The second-order valence-corrected chi connectivity index (χ2v) is 15.8. The van der Waals surface area contributed by atoms with Crippen molar-refractivity contribution in [3.8, 4) is 0 Å². The number of benzene rings is 1. The standard InChI is InChI=1S/C15H9Cl14O/c1-2-8(30)9-6(10(16,17)12(20,21)14(24,25)26)4-3-5-7(9)11(18,19)13(22,23)15(27,28)29/h3-5,8H,2H2,1H3. The zero-order chi connectivity index (χ0) is 24.1. The molecule has 0 heterocycles. The SMILES string of the molecule is CCC([O])c1c(C(Cl)(Cl)C(Cl)(Cl)C(Cl)(Cl)Cl)cccc1C(Cl)(Cl)C(Cl)(Cl)C(Cl)(Cl)Cl. The van der Waals surface area contributed by atoms with Gasteiger partial charge in [0.1, 0.15) is 6.10 Å². The van der Waals surface area contributed by atoms with Gasteiger partial charge in [-0.25, -0.2) is 5.11 Å². The summed E-state index contributed by atoms with van der Waals surface area (Å²) in [5.74, 6) is 0. The molecule has 173 valence electrons. The minimum atomic E-state index is -2.45. The van der Waals surface area contributed by atoms with E-state index in [1.807, 2.05) is 0 Å². The number of hydrogen-bond donors (Lipinski definition) is 0. The van der Waals surface area contributed by atoms with Gasteiger partial charge in [-0.1, -0.05) is 188 Å². The molecule has 0 fully saturated rings. The lowest BCUT2D eigenvalue weighted by molar-refractivity contribution is 0.0835. The Morgan fingerprint density at radius 1 is 0.667 bits per heavy atom. The summed E-state index contributed by atoms with van der Waals surface area (Å²) >= 11 is 85.8. The molecule has 1 aromatic carbocycles. The molecule has 0 aromatic heterocycles. The zero-order valence-electron chi connectivity index (χ0n) is 14.2. The zero-order valence-corrected chi connectivity index (χ0v) is 24.8. The maximum absolute atomic E-state index is 13.0. The molecule has 0 aliphatic heterocycles. The van der Waals surface area contributed by atoms with Crippen molar-refractivity contribution < 1.29 is 5.11 Å². The van der Waals surface area contributed by atoms with E-state index in [1.165, 1.54) is 18.2 Å². The lowest BCUT2D eigenvalue weighted by Crippen LogP contribution is -2.47. The Labute approximate surface area is 244 Å². The van der Waals surface area contributed by atoms with Gasteiger partial charge in [-0.05, 0) is 23.1 Å². The van der Waals surface area contributed by atoms with Crippen molar-refractivity contribution in [2.75, 3.05) is 0 Å². The average Bonchev–Trinajstić information content (AvgIpc) is 2.57. The van der Waals surface area contributed by atoms with Crippen LogP contribution in [0.5, 0.6) is 0 Å². The molecule has 1 nitrogen and oxygen atoms in total. The van der Waals surface area contributed by atoms with Gasteiger partial charge in [0, 0.05) is 0 Å². The molecular formula is C15H9Cl14O. The van der Waals surface area contributed by atoms with Gasteiger partial charge >= 0.3 is 0 Å². The second-order valence-electron chi connectivity index (χ2n) is 5.96. The van der Waals surface area contributed by atoms with Gasteiger partial charge in [-0.15, -0.1) is 0 Å². The van der Waals surface area contributed by atoms with Gasteiger partial charge in [-0.2, -0.15) is 0 Å². The summed E-state index contributed by atoms with van der Waals surface area (Å²) in [5.41, 5.74) is -0.504. The molecular weight excluding hydrogens is 693 g/mol. The third-order valence-electron chi connectivity index (χ3n) is 3.98. The number of alkyl halides is 14. The van der Waals surface area contributed by atoms with E-state index >= 15 is 0 Å². The van der Waals surface area contributed by atoms with Crippen LogP contribution in [0.25, 0.3) is 0 Å². The first-order valence-electron chi connectivity index (χ1n) is 7.53. The van der Waals surface area contributed by atoms with E-state index in [9.17, 15) is 5.11 Å². The van der Waals surface area contributed by atoms with Gasteiger partial charge in [-0.3, -0.25) is 0 Å². The van der Waals surface area contributed by atoms with Crippen molar-refractivity contribution >= 4 is 162 Å². The fourth-order valence-electron chi connectivity index (χ4n) is 2.36. The number of hydrogen-bond acceptors (Lipinski definition) is 0. The Kier molecular flexibility index (Phi) is 10.7. The van der Waals surface area contributed by atoms with Crippen LogP contribution in [0.15, 0.2) is 18.2 Å². The fourth-order valence-corrected chi connectivity index (χ4v) is 5.42. The van der Waals surface area contributed by atoms with Crippen molar-refractivity contribution in [3.05, 3.63) is 34.9 Å². The highest BCUT2D eigenvalue weighted by molar-refractivity contribution is 6.79. The van der Waals surface area contributed by atoms with E-state index in [0.29, 0.717) is 0 Å². The van der Waals surface area contributed by atoms with E-state index in [2.05, 4.69) is 0 Å². The molecule has 0 bridgehead atoms. The van der Waals surface area contributed by atoms with E-state index in [-0.39, 0.29) is 23.1 Å². The summed E-state index contributed by atoms with van der Waals surface area (Å²) < 4.78 is -14.4. The van der Waals surface area contributed by atoms with E-state index in [1.54, 1.807) is 6.92 Å². The van der Waals surface area contributed by atoms with E-state index in [4.69, 9.17) is 162 Å². The Morgan fingerprint density at radius 3 is 1.20 bits per heavy atom. The summed E-state index contributed by atoms with van der Waals surface area (Å²) in [5, 5.41) is 13.0. The van der Waals surface area contributed by atoms with Crippen LogP contribution in [0, 0.1) is 0 Å². The summed E-state index contributed by atoms with van der Waals surface area (Å²) in [6.45, 7) is 1.57. The lowest BCUT2D eigenvalue weighted by atomic mass is 9.89. The van der Waals surface area contributed by atoms with Crippen molar-refractivity contribution in [1.82, 2.24) is 0 Å². The molecule has 1 radical (unpaired) electrons. The molecule has 1 unspecified atom stereocenters. The number of rotatable bonds is 6. The van der Waals surface area contributed by atoms with Gasteiger partial charge in [0.05, 0.1) is 0 Å². The highest BCUT2D eigenvalue weighted by atomic mass is 35.6. The molecule has 0 spiro atoms. The molecule has 1 atom stereocenters. The quantitative estimate of drug-likeness (QED) is 0.263.